The van der Waals surface area contributed by atoms with Gasteiger partial charge in [0.2, 0.25) is 5.91 Å². The molecule has 0 aliphatic carbocycles. The third kappa shape index (κ3) is 5.22. The Bertz CT molecular complexity index is 990. The van der Waals surface area contributed by atoms with Gasteiger partial charge >= 0.3 is 6.18 Å². The summed E-state index contributed by atoms with van der Waals surface area (Å²) < 4.78 is 44.2. The second kappa shape index (κ2) is 9.05. The van der Waals surface area contributed by atoms with E-state index in [9.17, 15) is 22.8 Å². The monoisotopic (exact) mass is 455 g/mol. The van der Waals surface area contributed by atoms with Crippen molar-refractivity contribution in [3.8, 4) is 5.75 Å². The zero-order valence-corrected chi connectivity index (χ0v) is 17.7. The molecule has 0 saturated carbocycles. The van der Waals surface area contributed by atoms with E-state index in [1.54, 1.807) is 11.0 Å². The number of methoxy groups -OCH3 is 1. The van der Waals surface area contributed by atoms with Gasteiger partial charge in [-0.25, -0.2) is 0 Å². The van der Waals surface area contributed by atoms with Crippen LogP contribution in [0.3, 0.4) is 0 Å². The van der Waals surface area contributed by atoms with Crippen LogP contribution >= 0.6 is 11.6 Å². The maximum Gasteiger partial charge on any atom is 0.416 e. The van der Waals surface area contributed by atoms with Gasteiger partial charge in [-0.2, -0.15) is 13.2 Å². The molecular formula is C21H21ClF3N3O3. The van der Waals surface area contributed by atoms with Crippen LogP contribution < -0.4 is 15.0 Å². The average molecular weight is 456 g/mol. The Labute approximate surface area is 182 Å². The van der Waals surface area contributed by atoms with Crippen molar-refractivity contribution in [1.82, 2.24) is 4.90 Å². The minimum absolute atomic E-state index is 0.196. The number of hydrogen-bond donors (Lipinski definition) is 1. The van der Waals surface area contributed by atoms with Crippen LogP contribution in [0.5, 0.6) is 5.75 Å². The topological polar surface area (TPSA) is 61.9 Å². The number of carbonyl (C=O) groups excluding carboxylic acids is 2. The highest BCUT2D eigenvalue weighted by atomic mass is 35.5. The van der Waals surface area contributed by atoms with Gasteiger partial charge in [-0.1, -0.05) is 17.7 Å². The van der Waals surface area contributed by atoms with E-state index >= 15 is 0 Å². The van der Waals surface area contributed by atoms with E-state index in [0.717, 1.165) is 12.1 Å². The molecule has 166 valence electrons. The SMILES string of the molecule is COc1cc(NC(C)=O)c(Cl)cc1C(=O)N1CCN(c2cccc(C(F)(F)F)c2)CC1. The third-order valence-corrected chi connectivity index (χ3v) is 5.25. The van der Waals surface area contributed by atoms with Crippen molar-refractivity contribution >= 4 is 34.8 Å². The third-order valence-electron chi connectivity index (χ3n) is 4.94. The number of alkyl halides is 3. The lowest BCUT2D eigenvalue weighted by Gasteiger charge is -2.36. The smallest absolute Gasteiger partial charge is 0.416 e. The van der Waals surface area contributed by atoms with Gasteiger partial charge in [-0.05, 0) is 24.3 Å². The summed E-state index contributed by atoms with van der Waals surface area (Å²) in [5.41, 5.74) is 0.329. The second-order valence-corrected chi connectivity index (χ2v) is 7.45. The second-order valence-electron chi connectivity index (χ2n) is 7.04. The average Bonchev–Trinajstić information content (AvgIpc) is 2.73. The summed E-state index contributed by atoms with van der Waals surface area (Å²) in [7, 11) is 1.41. The molecule has 0 atom stereocenters. The Balaban J connectivity index is 1.73. The molecule has 0 radical (unpaired) electrons. The van der Waals surface area contributed by atoms with E-state index in [4.69, 9.17) is 16.3 Å². The first-order chi connectivity index (χ1) is 14.6. The first-order valence-corrected chi connectivity index (χ1v) is 9.84. The number of amides is 2. The van der Waals surface area contributed by atoms with E-state index in [-0.39, 0.29) is 28.1 Å². The van der Waals surface area contributed by atoms with E-state index in [1.165, 1.54) is 32.2 Å². The van der Waals surface area contributed by atoms with E-state index in [2.05, 4.69) is 5.32 Å². The molecule has 2 aromatic carbocycles. The highest BCUT2D eigenvalue weighted by Gasteiger charge is 2.31. The summed E-state index contributed by atoms with van der Waals surface area (Å²) >= 11 is 6.20. The van der Waals surface area contributed by atoms with Gasteiger partial charge in [-0.3, -0.25) is 9.59 Å². The van der Waals surface area contributed by atoms with Gasteiger partial charge < -0.3 is 19.9 Å². The van der Waals surface area contributed by atoms with Crippen LogP contribution in [0, 0.1) is 0 Å². The van der Waals surface area contributed by atoms with Crippen LogP contribution in [0.15, 0.2) is 36.4 Å². The molecule has 0 aromatic heterocycles. The largest absolute Gasteiger partial charge is 0.496 e. The molecule has 6 nitrogen and oxygen atoms in total. The number of hydrogen-bond acceptors (Lipinski definition) is 4. The van der Waals surface area contributed by atoms with Crippen molar-refractivity contribution in [2.24, 2.45) is 0 Å². The molecule has 2 amide bonds. The predicted octanol–water partition coefficient (Wildman–Crippen LogP) is 4.29. The quantitative estimate of drug-likeness (QED) is 0.747. The van der Waals surface area contributed by atoms with Crippen molar-refractivity contribution in [3.05, 3.63) is 52.5 Å². The van der Waals surface area contributed by atoms with E-state index < -0.39 is 11.7 Å². The fourth-order valence-electron chi connectivity index (χ4n) is 3.39. The standard InChI is InChI=1S/C21H21ClF3N3O3/c1-13(29)26-18-12-19(31-2)16(11-17(18)22)20(30)28-8-6-27(7-9-28)15-5-3-4-14(10-15)21(23,24)25/h3-5,10-12H,6-9H2,1-2H3,(H,26,29). The Kier molecular flexibility index (Phi) is 6.64. The zero-order valence-electron chi connectivity index (χ0n) is 16.9. The number of piperazine rings is 1. The van der Waals surface area contributed by atoms with Gasteiger partial charge in [0.25, 0.3) is 5.91 Å². The van der Waals surface area contributed by atoms with Gasteiger partial charge in [0.1, 0.15) is 5.75 Å². The summed E-state index contributed by atoms with van der Waals surface area (Å²) in [5, 5.41) is 2.77. The van der Waals surface area contributed by atoms with Crippen molar-refractivity contribution in [2.75, 3.05) is 43.5 Å². The molecule has 1 fully saturated rings. The maximum atomic E-state index is 13.0. The summed E-state index contributed by atoms with van der Waals surface area (Å²) in [6, 6.07) is 8.06. The fourth-order valence-corrected chi connectivity index (χ4v) is 3.60. The Morgan fingerprint density at radius 3 is 2.35 bits per heavy atom. The molecule has 0 unspecified atom stereocenters. The van der Waals surface area contributed by atoms with E-state index in [1.807, 2.05) is 4.90 Å². The number of ether oxygens (including phenoxy) is 1. The van der Waals surface area contributed by atoms with E-state index in [0.29, 0.717) is 37.6 Å². The molecular weight excluding hydrogens is 435 g/mol. The lowest BCUT2D eigenvalue weighted by atomic mass is 10.1. The zero-order chi connectivity index (χ0) is 22.8. The summed E-state index contributed by atoms with van der Waals surface area (Å²) in [4.78, 5) is 27.7. The van der Waals surface area contributed by atoms with Crippen molar-refractivity contribution in [2.45, 2.75) is 13.1 Å². The molecule has 2 aromatic rings. The maximum absolute atomic E-state index is 13.0. The Hall–Kier alpha value is -2.94. The van der Waals surface area contributed by atoms with Crippen LogP contribution in [0.4, 0.5) is 24.5 Å². The fraction of sp³-hybridized carbons (Fsp3) is 0.333. The lowest BCUT2D eigenvalue weighted by molar-refractivity contribution is -0.137. The minimum Gasteiger partial charge on any atom is -0.496 e. The van der Waals surface area contributed by atoms with Crippen molar-refractivity contribution < 1.29 is 27.5 Å². The molecule has 1 N–H and O–H groups in total. The highest BCUT2D eigenvalue weighted by Crippen LogP contribution is 2.33. The first-order valence-electron chi connectivity index (χ1n) is 9.46. The molecule has 1 heterocycles. The Morgan fingerprint density at radius 1 is 1.10 bits per heavy atom. The number of anilines is 2. The van der Waals surface area contributed by atoms with Crippen LogP contribution in [0.1, 0.15) is 22.8 Å². The summed E-state index contributed by atoms with van der Waals surface area (Å²) in [6.07, 6.45) is -4.41. The van der Waals surface area contributed by atoms with Gasteiger partial charge in [-0.15, -0.1) is 0 Å². The van der Waals surface area contributed by atoms with Gasteiger partial charge in [0.05, 0.1) is 28.9 Å². The van der Waals surface area contributed by atoms with Gasteiger partial charge in [0, 0.05) is 44.9 Å². The molecule has 10 heteroatoms. The first kappa shape index (κ1) is 22.7. The van der Waals surface area contributed by atoms with Crippen LogP contribution in [-0.4, -0.2) is 50.0 Å². The number of benzene rings is 2. The summed E-state index contributed by atoms with van der Waals surface area (Å²) in [6.45, 7) is 2.75. The molecule has 1 aliphatic rings. The highest BCUT2D eigenvalue weighted by molar-refractivity contribution is 6.34. The molecule has 0 bridgehead atoms. The molecule has 1 saturated heterocycles. The Morgan fingerprint density at radius 2 is 1.77 bits per heavy atom. The lowest BCUT2D eigenvalue weighted by Crippen LogP contribution is -2.48. The number of rotatable bonds is 4. The minimum atomic E-state index is -4.41. The normalized spacial score (nSPS) is 14.4. The molecule has 31 heavy (non-hydrogen) atoms. The molecule has 3 rings (SSSR count). The number of nitrogens with zero attached hydrogens (tertiary/aromatic N) is 2. The van der Waals surface area contributed by atoms with Crippen LogP contribution in [-0.2, 0) is 11.0 Å². The van der Waals surface area contributed by atoms with Crippen LogP contribution in [0.2, 0.25) is 5.02 Å². The predicted molar refractivity (Wildman–Crippen MR) is 112 cm³/mol. The van der Waals surface area contributed by atoms with Crippen LogP contribution in [0.25, 0.3) is 0 Å². The molecule has 1 aliphatic heterocycles. The number of carbonyl (C=O) groups is 2. The van der Waals surface area contributed by atoms with Gasteiger partial charge in [0.15, 0.2) is 0 Å². The van der Waals surface area contributed by atoms with Crippen molar-refractivity contribution in [1.29, 1.82) is 0 Å². The number of nitrogens with one attached hydrogen (secondary N) is 1. The molecule has 0 spiro atoms. The summed E-state index contributed by atoms with van der Waals surface area (Å²) in [5.74, 6) is -0.357. The van der Waals surface area contributed by atoms with Crippen molar-refractivity contribution in [3.63, 3.8) is 0 Å². The number of halogens is 4.